The Balaban J connectivity index is 1.59. The fraction of sp³-hybridized carbons (Fsp3) is 0.435. The van der Waals surface area contributed by atoms with Gasteiger partial charge in [0.15, 0.2) is 0 Å². The predicted molar refractivity (Wildman–Crippen MR) is 125 cm³/mol. The van der Waals surface area contributed by atoms with Crippen LogP contribution in [0.2, 0.25) is 0 Å². The number of aryl methyl sites for hydroxylation is 1. The summed E-state index contributed by atoms with van der Waals surface area (Å²) in [4.78, 5) is 15.7. The van der Waals surface area contributed by atoms with Gasteiger partial charge in [0, 0.05) is 34.7 Å². The van der Waals surface area contributed by atoms with Crippen molar-refractivity contribution in [3.63, 3.8) is 0 Å². The number of aliphatic hydroxyl groups is 1. The number of alkyl halides is 1. The molecule has 0 saturated carbocycles. The Hall–Kier alpha value is -1.16. The highest BCUT2D eigenvalue weighted by molar-refractivity contribution is 14.1. The molecule has 30 heavy (non-hydrogen) atoms. The van der Waals surface area contributed by atoms with Gasteiger partial charge in [0.05, 0.1) is 22.9 Å². The Morgan fingerprint density at radius 3 is 2.87 bits per heavy atom. The lowest BCUT2D eigenvalue weighted by Gasteiger charge is -2.37. The van der Waals surface area contributed by atoms with Gasteiger partial charge in [-0.05, 0) is 60.4 Å². The first kappa shape index (κ1) is 22.0. The van der Waals surface area contributed by atoms with Gasteiger partial charge in [0.25, 0.3) is 0 Å². The first-order chi connectivity index (χ1) is 14.4. The molecule has 2 aliphatic heterocycles. The maximum absolute atomic E-state index is 14.4. The lowest BCUT2D eigenvalue weighted by Crippen LogP contribution is -2.38. The summed E-state index contributed by atoms with van der Waals surface area (Å²) in [5.41, 5.74) is 1.66. The summed E-state index contributed by atoms with van der Waals surface area (Å²) in [6, 6.07) is 10.9. The first-order valence-corrected chi connectivity index (χ1v) is 12.6. The number of amides is 1. The largest absolute Gasteiger partial charge is 0.385 e. The summed E-state index contributed by atoms with van der Waals surface area (Å²) in [5, 5.41) is 11.2. The monoisotopic (exact) mass is 541 g/mol. The molecule has 0 aromatic heterocycles. The Kier molecular flexibility index (Phi) is 6.72. The summed E-state index contributed by atoms with van der Waals surface area (Å²) >= 11 is 3.69. The highest BCUT2D eigenvalue weighted by Crippen LogP contribution is 2.40. The quantitative estimate of drug-likeness (QED) is 0.312. The molecule has 0 bridgehead atoms. The highest BCUT2D eigenvalue weighted by Gasteiger charge is 2.36. The molecule has 1 amide bonds. The van der Waals surface area contributed by atoms with Crippen LogP contribution in [-0.4, -0.2) is 28.3 Å². The number of hydrogen-bond donors (Lipinski definition) is 1. The number of ether oxygens (including phenoxy) is 1. The SMILES string of the molecule is CC[C@H]1C[C@@](O)(c2cc(F)cc(Sc3ccc4c(c3)CCC(=O)N4CI)c2)CCO1. The van der Waals surface area contributed by atoms with E-state index in [1.807, 2.05) is 25.1 Å². The Morgan fingerprint density at radius 2 is 2.10 bits per heavy atom. The molecule has 0 aliphatic carbocycles. The number of benzene rings is 2. The van der Waals surface area contributed by atoms with Crippen molar-refractivity contribution in [2.45, 2.75) is 60.5 Å². The number of fused-ring (bicyclic) bond motifs is 1. The molecule has 0 radical (unpaired) electrons. The number of halogens is 2. The van der Waals surface area contributed by atoms with E-state index in [0.717, 1.165) is 33.9 Å². The van der Waals surface area contributed by atoms with Crippen molar-refractivity contribution in [3.8, 4) is 0 Å². The predicted octanol–water partition coefficient (Wildman–Crippen LogP) is 5.43. The lowest BCUT2D eigenvalue weighted by molar-refractivity contribution is -0.118. The van der Waals surface area contributed by atoms with E-state index in [4.69, 9.17) is 4.74 Å². The molecule has 2 aliphatic rings. The normalized spacial score (nSPS) is 24.1. The molecule has 4 rings (SSSR count). The Bertz CT molecular complexity index is 956. The van der Waals surface area contributed by atoms with Crippen molar-refractivity contribution in [1.82, 2.24) is 0 Å². The number of carbonyl (C=O) groups is 1. The van der Waals surface area contributed by atoms with Gasteiger partial charge in [0.2, 0.25) is 5.91 Å². The van der Waals surface area contributed by atoms with E-state index in [2.05, 4.69) is 28.7 Å². The second-order valence-electron chi connectivity index (χ2n) is 7.90. The fourth-order valence-electron chi connectivity index (χ4n) is 4.21. The number of nitrogens with zero attached hydrogens (tertiary/aromatic N) is 1. The van der Waals surface area contributed by atoms with E-state index in [9.17, 15) is 14.3 Å². The lowest BCUT2D eigenvalue weighted by atomic mass is 9.83. The van der Waals surface area contributed by atoms with Crippen LogP contribution in [0.15, 0.2) is 46.2 Å². The van der Waals surface area contributed by atoms with E-state index >= 15 is 0 Å². The second kappa shape index (κ2) is 9.14. The van der Waals surface area contributed by atoms with Crippen LogP contribution in [0, 0.1) is 5.82 Å². The number of anilines is 1. The molecule has 0 spiro atoms. The van der Waals surface area contributed by atoms with Crippen LogP contribution in [0.25, 0.3) is 0 Å². The highest BCUT2D eigenvalue weighted by atomic mass is 127. The minimum atomic E-state index is -1.06. The summed E-state index contributed by atoms with van der Waals surface area (Å²) < 4.78 is 20.8. The Morgan fingerprint density at radius 1 is 1.27 bits per heavy atom. The van der Waals surface area contributed by atoms with Gasteiger partial charge in [-0.15, -0.1) is 0 Å². The van der Waals surface area contributed by atoms with E-state index in [0.29, 0.717) is 36.0 Å². The van der Waals surface area contributed by atoms with Crippen molar-refractivity contribution in [2.75, 3.05) is 16.1 Å². The molecule has 2 heterocycles. The van der Waals surface area contributed by atoms with Crippen molar-refractivity contribution in [2.24, 2.45) is 0 Å². The number of carbonyl (C=O) groups excluding carboxylic acids is 1. The first-order valence-electron chi connectivity index (χ1n) is 10.2. The number of rotatable bonds is 5. The smallest absolute Gasteiger partial charge is 0.228 e. The molecule has 2 aromatic rings. The van der Waals surface area contributed by atoms with Crippen LogP contribution in [-0.2, 0) is 21.6 Å². The van der Waals surface area contributed by atoms with Crippen LogP contribution in [0.3, 0.4) is 0 Å². The third-order valence-corrected chi connectivity index (χ3v) is 7.55. The van der Waals surface area contributed by atoms with Gasteiger partial charge in [-0.2, -0.15) is 0 Å². The number of hydrogen-bond acceptors (Lipinski definition) is 4. The Labute approximate surface area is 194 Å². The van der Waals surface area contributed by atoms with Gasteiger partial charge >= 0.3 is 0 Å². The zero-order chi connectivity index (χ0) is 21.3. The zero-order valence-corrected chi connectivity index (χ0v) is 19.8. The molecule has 7 heteroatoms. The minimum Gasteiger partial charge on any atom is -0.385 e. The third kappa shape index (κ3) is 4.54. The van der Waals surface area contributed by atoms with E-state index in [1.54, 1.807) is 4.90 Å². The van der Waals surface area contributed by atoms with Gasteiger partial charge < -0.3 is 14.7 Å². The summed E-state index contributed by atoms with van der Waals surface area (Å²) in [7, 11) is 0. The fourth-order valence-corrected chi connectivity index (χ4v) is 5.93. The summed E-state index contributed by atoms with van der Waals surface area (Å²) in [5.74, 6) is -0.190. The van der Waals surface area contributed by atoms with Crippen LogP contribution < -0.4 is 4.90 Å². The topological polar surface area (TPSA) is 49.8 Å². The standard InChI is InChI=1S/C23H25FINO3S/c1-2-18-13-23(28,7-8-29-18)16-10-17(24)12-20(11-16)30-19-4-5-21-15(9-19)3-6-22(27)26(21)14-25/h4-5,9-12,18,28H,2-3,6-8,13-14H2,1H3/t18-,23+/m0/s1. The van der Waals surface area contributed by atoms with Gasteiger partial charge in [-0.1, -0.05) is 41.3 Å². The van der Waals surface area contributed by atoms with Crippen LogP contribution in [0.4, 0.5) is 10.1 Å². The van der Waals surface area contributed by atoms with Crippen molar-refractivity contribution in [1.29, 1.82) is 0 Å². The zero-order valence-electron chi connectivity index (χ0n) is 16.9. The molecule has 1 N–H and O–H groups in total. The molecule has 2 atom stereocenters. The average molecular weight is 541 g/mol. The average Bonchev–Trinajstić information content (AvgIpc) is 2.73. The minimum absolute atomic E-state index is 0.00710. The molecule has 160 valence electrons. The van der Waals surface area contributed by atoms with Crippen molar-refractivity contribution in [3.05, 3.63) is 53.3 Å². The molecule has 1 fully saturated rings. The van der Waals surface area contributed by atoms with E-state index in [-0.39, 0.29) is 17.8 Å². The van der Waals surface area contributed by atoms with E-state index in [1.165, 1.54) is 23.9 Å². The van der Waals surface area contributed by atoms with Crippen molar-refractivity contribution >= 4 is 45.9 Å². The van der Waals surface area contributed by atoms with Gasteiger partial charge in [0.1, 0.15) is 5.82 Å². The van der Waals surface area contributed by atoms with Gasteiger partial charge in [-0.3, -0.25) is 4.79 Å². The summed E-state index contributed by atoms with van der Waals surface area (Å²) in [6.45, 7) is 2.51. The summed E-state index contributed by atoms with van der Waals surface area (Å²) in [6.07, 6.45) is 3.01. The molecule has 4 nitrogen and oxygen atoms in total. The molecular weight excluding hydrogens is 516 g/mol. The van der Waals surface area contributed by atoms with Gasteiger partial charge in [-0.25, -0.2) is 4.39 Å². The molecule has 2 aromatic carbocycles. The van der Waals surface area contributed by atoms with E-state index < -0.39 is 5.60 Å². The third-order valence-electron chi connectivity index (χ3n) is 5.90. The maximum atomic E-state index is 14.4. The second-order valence-corrected chi connectivity index (χ2v) is 9.73. The maximum Gasteiger partial charge on any atom is 0.228 e. The van der Waals surface area contributed by atoms with Crippen molar-refractivity contribution < 1.29 is 19.0 Å². The molecule has 1 saturated heterocycles. The molecular formula is C23H25FINO3S. The van der Waals surface area contributed by atoms with Crippen LogP contribution >= 0.6 is 34.4 Å². The van der Waals surface area contributed by atoms with Crippen LogP contribution in [0.1, 0.15) is 43.7 Å². The molecule has 0 unspecified atom stereocenters. The van der Waals surface area contributed by atoms with Crippen LogP contribution in [0.5, 0.6) is 0 Å².